The van der Waals surface area contributed by atoms with E-state index < -0.39 is 4.92 Å². The molecule has 0 spiro atoms. The average Bonchev–Trinajstić information content (AvgIpc) is 2.73. The van der Waals surface area contributed by atoms with Crippen molar-refractivity contribution in [3.63, 3.8) is 0 Å². The molecule has 0 bridgehead atoms. The monoisotopic (exact) mass is 285 g/mol. The van der Waals surface area contributed by atoms with Gasteiger partial charge in [-0.25, -0.2) is 4.68 Å². The number of aromatic nitrogens is 2. The maximum absolute atomic E-state index is 11.2. The molecule has 0 aliphatic heterocycles. The Hall–Kier alpha value is -2.88. The summed E-state index contributed by atoms with van der Waals surface area (Å²) >= 11 is 0. The molecule has 0 amide bonds. The second-order valence-electron chi connectivity index (χ2n) is 4.81. The van der Waals surface area contributed by atoms with Crippen LogP contribution in [0.2, 0.25) is 0 Å². The molecule has 7 heteroatoms. The molecule has 2 aromatic rings. The van der Waals surface area contributed by atoms with Gasteiger partial charge in [-0.2, -0.15) is 10.4 Å². The minimum Gasteiger partial charge on any atom is -0.350 e. The molecule has 0 aliphatic carbocycles. The lowest BCUT2D eigenvalue weighted by molar-refractivity contribution is -0.384. The van der Waals surface area contributed by atoms with Crippen molar-refractivity contribution in [1.29, 1.82) is 5.26 Å². The Labute approximate surface area is 122 Å². The molecule has 0 atom stereocenters. The van der Waals surface area contributed by atoms with Crippen molar-refractivity contribution in [3.05, 3.63) is 51.2 Å². The Bertz CT molecular complexity index is 729. The Kier molecular flexibility index (Phi) is 3.89. The van der Waals surface area contributed by atoms with E-state index in [4.69, 9.17) is 5.26 Å². The van der Waals surface area contributed by atoms with E-state index in [9.17, 15) is 10.1 Å². The summed E-state index contributed by atoms with van der Waals surface area (Å²) < 4.78 is 1.50. The smallest absolute Gasteiger partial charge is 0.333 e. The molecule has 0 fully saturated rings. The number of hydrogen-bond donors (Lipinski definition) is 0. The van der Waals surface area contributed by atoms with Crippen molar-refractivity contribution in [1.82, 2.24) is 9.78 Å². The van der Waals surface area contributed by atoms with Crippen LogP contribution in [0.3, 0.4) is 0 Å². The highest BCUT2D eigenvalue weighted by atomic mass is 16.6. The van der Waals surface area contributed by atoms with Crippen molar-refractivity contribution in [2.45, 2.75) is 13.5 Å². The second kappa shape index (κ2) is 5.63. The molecule has 0 saturated heterocycles. The molecule has 0 aliphatic rings. The summed E-state index contributed by atoms with van der Waals surface area (Å²) in [5, 5.41) is 24.2. The van der Waals surface area contributed by atoms with Gasteiger partial charge in [0, 0.05) is 20.6 Å². The molecular formula is C14H15N5O2. The lowest BCUT2D eigenvalue weighted by Crippen LogP contribution is -2.20. The summed E-state index contributed by atoms with van der Waals surface area (Å²) in [6, 6.07) is 9.25. The molecule has 0 radical (unpaired) electrons. The van der Waals surface area contributed by atoms with E-state index in [1.807, 2.05) is 6.07 Å². The van der Waals surface area contributed by atoms with Gasteiger partial charge < -0.3 is 4.90 Å². The van der Waals surface area contributed by atoms with E-state index in [-0.39, 0.29) is 5.69 Å². The number of nitriles is 1. The zero-order chi connectivity index (χ0) is 15.6. The fourth-order valence-electron chi connectivity index (χ4n) is 2.36. The fourth-order valence-corrected chi connectivity index (χ4v) is 2.36. The topological polar surface area (TPSA) is 88.0 Å². The molecule has 1 aromatic carbocycles. The van der Waals surface area contributed by atoms with Crippen molar-refractivity contribution in [2.24, 2.45) is 7.05 Å². The van der Waals surface area contributed by atoms with Crippen molar-refractivity contribution in [3.8, 4) is 6.07 Å². The van der Waals surface area contributed by atoms with E-state index in [0.717, 1.165) is 5.56 Å². The van der Waals surface area contributed by atoms with Gasteiger partial charge in [-0.15, -0.1) is 0 Å². The van der Waals surface area contributed by atoms with Gasteiger partial charge >= 0.3 is 5.69 Å². The Morgan fingerprint density at radius 2 is 2.24 bits per heavy atom. The number of benzene rings is 1. The standard InChI is InChI=1S/C14H15N5O2/c1-10-13(19(20)21)14(18(3)16-10)17(2)9-12-6-4-5-11(7-12)8-15/h4-7H,9H2,1-3H3. The van der Waals surface area contributed by atoms with E-state index in [2.05, 4.69) is 11.2 Å². The highest BCUT2D eigenvalue weighted by Crippen LogP contribution is 2.30. The highest BCUT2D eigenvalue weighted by molar-refractivity contribution is 5.61. The first-order chi connectivity index (χ1) is 9.93. The molecule has 21 heavy (non-hydrogen) atoms. The minimum atomic E-state index is -0.417. The Balaban J connectivity index is 2.35. The Morgan fingerprint density at radius 1 is 1.52 bits per heavy atom. The van der Waals surface area contributed by atoms with E-state index in [1.54, 1.807) is 44.1 Å². The number of hydrogen-bond acceptors (Lipinski definition) is 5. The lowest BCUT2D eigenvalue weighted by Gasteiger charge is -2.18. The molecule has 0 saturated carbocycles. The van der Waals surface area contributed by atoms with Crippen LogP contribution in [0.4, 0.5) is 11.5 Å². The Morgan fingerprint density at radius 3 is 2.86 bits per heavy atom. The van der Waals surface area contributed by atoms with Crippen molar-refractivity contribution < 1.29 is 4.92 Å². The van der Waals surface area contributed by atoms with Gasteiger partial charge in [0.15, 0.2) is 0 Å². The van der Waals surface area contributed by atoms with Crippen LogP contribution >= 0.6 is 0 Å². The zero-order valence-corrected chi connectivity index (χ0v) is 12.1. The molecule has 2 rings (SSSR count). The fraction of sp³-hybridized carbons (Fsp3) is 0.286. The third-order valence-electron chi connectivity index (χ3n) is 3.18. The van der Waals surface area contributed by atoms with E-state index in [1.165, 1.54) is 4.68 Å². The predicted molar refractivity (Wildman–Crippen MR) is 77.9 cm³/mol. The maximum atomic E-state index is 11.2. The van der Waals surface area contributed by atoms with Gasteiger partial charge in [0.05, 0.1) is 16.6 Å². The third kappa shape index (κ3) is 2.84. The van der Waals surface area contributed by atoms with E-state index >= 15 is 0 Å². The van der Waals surface area contributed by atoms with Crippen LogP contribution in [0.15, 0.2) is 24.3 Å². The van der Waals surface area contributed by atoms with Crippen molar-refractivity contribution in [2.75, 3.05) is 11.9 Å². The molecule has 1 aromatic heterocycles. The zero-order valence-electron chi connectivity index (χ0n) is 12.1. The first-order valence-electron chi connectivity index (χ1n) is 6.32. The van der Waals surface area contributed by atoms with Crippen LogP contribution in [0.25, 0.3) is 0 Å². The summed E-state index contributed by atoms with van der Waals surface area (Å²) in [6.07, 6.45) is 0. The van der Waals surface area contributed by atoms with Gasteiger partial charge in [0.1, 0.15) is 5.69 Å². The van der Waals surface area contributed by atoms with Gasteiger partial charge in [-0.3, -0.25) is 10.1 Å². The van der Waals surface area contributed by atoms with Crippen molar-refractivity contribution >= 4 is 11.5 Å². The average molecular weight is 285 g/mol. The lowest BCUT2D eigenvalue weighted by atomic mass is 10.1. The van der Waals surface area contributed by atoms with Crippen LogP contribution in [0.1, 0.15) is 16.8 Å². The molecule has 108 valence electrons. The summed E-state index contributed by atoms with van der Waals surface area (Å²) in [4.78, 5) is 12.5. The third-order valence-corrected chi connectivity index (χ3v) is 3.18. The number of nitro groups is 1. The molecule has 0 unspecified atom stereocenters. The first kappa shape index (κ1) is 14.5. The second-order valence-corrected chi connectivity index (χ2v) is 4.81. The normalized spacial score (nSPS) is 10.2. The molecule has 0 N–H and O–H groups in total. The largest absolute Gasteiger partial charge is 0.350 e. The first-order valence-corrected chi connectivity index (χ1v) is 6.32. The van der Waals surface area contributed by atoms with Gasteiger partial charge in [0.2, 0.25) is 5.82 Å². The minimum absolute atomic E-state index is 0.0106. The summed E-state index contributed by atoms with van der Waals surface area (Å²) in [7, 11) is 3.44. The molecule has 1 heterocycles. The van der Waals surface area contributed by atoms with Gasteiger partial charge in [-0.1, -0.05) is 12.1 Å². The van der Waals surface area contributed by atoms with Crippen LogP contribution in [0.5, 0.6) is 0 Å². The highest BCUT2D eigenvalue weighted by Gasteiger charge is 2.26. The number of anilines is 1. The van der Waals surface area contributed by atoms with Crippen LogP contribution < -0.4 is 4.90 Å². The number of aryl methyl sites for hydroxylation is 2. The summed E-state index contributed by atoms with van der Waals surface area (Å²) in [5.74, 6) is 0.444. The molecular weight excluding hydrogens is 270 g/mol. The quantitative estimate of drug-likeness (QED) is 0.634. The van der Waals surface area contributed by atoms with E-state index in [0.29, 0.717) is 23.6 Å². The summed E-state index contributed by atoms with van der Waals surface area (Å²) in [5.41, 5.74) is 1.87. The molecule has 7 nitrogen and oxygen atoms in total. The van der Waals surface area contributed by atoms with Gasteiger partial charge in [-0.05, 0) is 24.6 Å². The SMILES string of the molecule is Cc1nn(C)c(N(C)Cc2cccc(C#N)c2)c1[N+](=O)[O-]. The predicted octanol–water partition coefficient (Wildman–Crippen LogP) is 2.14. The van der Waals surface area contributed by atoms with Gasteiger partial charge in [0.25, 0.3) is 0 Å². The van der Waals surface area contributed by atoms with Crippen LogP contribution in [0, 0.1) is 28.4 Å². The maximum Gasteiger partial charge on any atom is 0.333 e. The summed E-state index contributed by atoms with van der Waals surface area (Å²) in [6.45, 7) is 2.07. The number of nitrogens with zero attached hydrogens (tertiary/aromatic N) is 5. The number of rotatable bonds is 4. The van der Waals surface area contributed by atoms with Crippen LogP contribution in [-0.2, 0) is 13.6 Å². The van der Waals surface area contributed by atoms with Crippen LogP contribution in [-0.4, -0.2) is 21.8 Å².